The highest BCUT2D eigenvalue weighted by Crippen LogP contribution is 2.27. The van der Waals surface area contributed by atoms with Crippen molar-refractivity contribution >= 4 is 63.9 Å². The lowest BCUT2D eigenvalue weighted by atomic mass is 9.97. The zero-order chi connectivity index (χ0) is 30.0. The predicted molar refractivity (Wildman–Crippen MR) is 165 cm³/mol. The average Bonchev–Trinajstić information content (AvgIpc) is 3.48. The van der Waals surface area contributed by atoms with Crippen molar-refractivity contribution in [2.75, 3.05) is 11.4 Å². The molecule has 0 saturated heterocycles. The van der Waals surface area contributed by atoms with Gasteiger partial charge in [0.25, 0.3) is 5.91 Å². The molecule has 11 heteroatoms. The molecule has 7 nitrogen and oxygen atoms in total. The van der Waals surface area contributed by atoms with Crippen molar-refractivity contribution in [3.05, 3.63) is 70.3 Å². The lowest BCUT2D eigenvalue weighted by molar-refractivity contribution is -0.124. The number of nitrogens with two attached hydrogens (primary N) is 1. The summed E-state index contributed by atoms with van der Waals surface area (Å²) in [6, 6.07) is 13.4. The minimum Gasteiger partial charge on any atom is -0.356 e. The van der Waals surface area contributed by atoms with E-state index >= 15 is 0 Å². The molecule has 218 valence electrons. The second kappa shape index (κ2) is 16.2. The third-order valence-corrected chi connectivity index (χ3v) is 7.80. The zero-order valence-electron chi connectivity index (χ0n) is 23.2. The standard InChI is InChI=1S/C22H30Cl2N4O3.C7H6Cl2/c1-5-14(4)19(25)21(29)27-17(13(2)3)12-28(22(30)20(23)24)16-8-6-7-15(11-16)18-9-10-26-31-18;1-5-6(8)3-2-4-7(5)9/h6-11,13-14,17,19-20H,5,12,25H2,1-4H3,(H,27,29);2-4H,1H3/t14?,17-,19+;/m1./s1. The first-order chi connectivity index (χ1) is 18.9. The summed E-state index contributed by atoms with van der Waals surface area (Å²) in [6.07, 6.45) is 2.34. The summed E-state index contributed by atoms with van der Waals surface area (Å²) in [5.74, 6) is -0.0896. The van der Waals surface area contributed by atoms with E-state index in [-0.39, 0.29) is 30.3 Å². The van der Waals surface area contributed by atoms with Gasteiger partial charge in [-0.1, -0.05) is 104 Å². The van der Waals surface area contributed by atoms with Crippen LogP contribution in [-0.2, 0) is 9.59 Å². The molecule has 0 fully saturated rings. The van der Waals surface area contributed by atoms with Crippen molar-refractivity contribution in [3.63, 3.8) is 0 Å². The number of anilines is 1. The Morgan fingerprint density at radius 2 is 1.68 bits per heavy atom. The molecule has 2 amide bonds. The Morgan fingerprint density at radius 3 is 2.17 bits per heavy atom. The molecule has 0 radical (unpaired) electrons. The molecule has 3 rings (SSSR count). The van der Waals surface area contributed by atoms with Crippen LogP contribution in [-0.4, -0.2) is 40.4 Å². The molecule has 1 unspecified atom stereocenters. The molecule has 0 spiro atoms. The van der Waals surface area contributed by atoms with Gasteiger partial charge in [0, 0.05) is 39.9 Å². The summed E-state index contributed by atoms with van der Waals surface area (Å²) in [7, 11) is 0. The molecule has 0 aliphatic heterocycles. The van der Waals surface area contributed by atoms with Crippen LogP contribution in [0, 0.1) is 18.8 Å². The fourth-order valence-electron chi connectivity index (χ4n) is 3.62. The van der Waals surface area contributed by atoms with Gasteiger partial charge in [0.05, 0.1) is 12.2 Å². The van der Waals surface area contributed by atoms with Gasteiger partial charge < -0.3 is 20.5 Å². The maximum absolute atomic E-state index is 12.9. The quantitative estimate of drug-likeness (QED) is 0.229. The van der Waals surface area contributed by atoms with Crippen LogP contribution in [0.4, 0.5) is 5.69 Å². The van der Waals surface area contributed by atoms with Gasteiger partial charge >= 0.3 is 0 Å². The molecular weight excluding hydrogens is 594 g/mol. The Kier molecular flexibility index (Phi) is 13.8. The first-order valence-corrected chi connectivity index (χ1v) is 14.6. The number of aromatic nitrogens is 1. The molecule has 1 heterocycles. The molecule has 3 aromatic rings. The van der Waals surface area contributed by atoms with E-state index in [4.69, 9.17) is 56.7 Å². The second-order valence-electron chi connectivity index (χ2n) is 9.79. The minimum absolute atomic E-state index is 0.0324. The van der Waals surface area contributed by atoms with Crippen molar-refractivity contribution in [2.45, 2.75) is 58.0 Å². The van der Waals surface area contributed by atoms with E-state index in [1.807, 2.05) is 58.9 Å². The van der Waals surface area contributed by atoms with E-state index in [0.29, 0.717) is 11.4 Å². The van der Waals surface area contributed by atoms with Crippen LogP contribution >= 0.6 is 46.4 Å². The molecule has 0 bridgehead atoms. The van der Waals surface area contributed by atoms with Crippen LogP contribution in [0.3, 0.4) is 0 Å². The lowest BCUT2D eigenvalue weighted by Gasteiger charge is -2.32. The highest BCUT2D eigenvalue weighted by molar-refractivity contribution is 6.54. The summed E-state index contributed by atoms with van der Waals surface area (Å²) in [5.41, 5.74) is 8.37. The number of hydrogen-bond acceptors (Lipinski definition) is 5. The van der Waals surface area contributed by atoms with Gasteiger partial charge in [-0.05, 0) is 48.6 Å². The van der Waals surface area contributed by atoms with Crippen molar-refractivity contribution in [2.24, 2.45) is 17.6 Å². The van der Waals surface area contributed by atoms with Crippen molar-refractivity contribution < 1.29 is 14.1 Å². The average molecular weight is 630 g/mol. The number of carbonyl (C=O) groups is 2. The predicted octanol–water partition coefficient (Wildman–Crippen LogP) is 7.29. The van der Waals surface area contributed by atoms with Gasteiger partial charge in [0.1, 0.15) is 0 Å². The normalized spacial score (nSPS) is 13.3. The van der Waals surface area contributed by atoms with E-state index in [0.717, 1.165) is 27.6 Å². The van der Waals surface area contributed by atoms with Crippen LogP contribution in [0.15, 0.2) is 59.3 Å². The third-order valence-electron chi connectivity index (χ3n) is 6.61. The molecule has 40 heavy (non-hydrogen) atoms. The zero-order valence-corrected chi connectivity index (χ0v) is 26.2. The van der Waals surface area contributed by atoms with Crippen molar-refractivity contribution in [1.29, 1.82) is 0 Å². The largest absolute Gasteiger partial charge is 0.356 e. The van der Waals surface area contributed by atoms with Gasteiger partial charge in [-0.2, -0.15) is 0 Å². The van der Waals surface area contributed by atoms with Gasteiger partial charge in [0.2, 0.25) is 5.91 Å². The van der Waals surface area contributed by atoms with Crippen LogP contribution < -0.4 is 16.0 Å². The number of hydrogen-bond donors (Lipinski definition) is 2. The number of carbonyl (C=O) groups excluding carboxylic acids is 2. The van der Waals surface area contributed by atoms with Gasteiger partial charge in [0.15, 0.2) is 10.6 Å². The molecule has 2 aromatic carbocycles. The number of halogens is 4. The summed E-state index contributed by atoms with van der Waals surface area (Å²) in [4.78, 5) is 25.8. The Hall–Kier alpha value is -2.29. The Labute approximate surface area is 256 Å². The maximum atomic E-state index is 12.9. The van der Waals surface area contributed by atoms with Crippen LogP contribution in [0.25, 0.3) is 11.3 Å². The number of nitrogens with one attached hydrogen (secondary N) is 1. The van der Waals surface area contributed by atoms with Crippen LogP contribution in [0.2, 0.25) is 10.0 Å². The Balaban J connectivity index is 0.000000526. The number of rotatable bonds is 10. The van der Waals surface area contributed by atoms with Crippen molar-refractivity contribution in [1.82, 2.24) is 10.5 Å². The first kappa shape index (κ1) is 33.9. The monoisotopic (exact) mass is 628 g/mol. The maximum Gasteiger partial charge on any atom is 0.260 e. The molecular formula is C29H36Cl4N4O3. The van der Waals surface area contributed by atoms with Crippen molar-refractivity contribution in [3.8, 4) is 11.3 Å². The molecule has 0 saturated carbocycles. The van der Waals surface area contributed by atoms with Gasteiger partial charge in [-0.3, -0.25) is 9.59 Å². The van der Waals surface area contributed by atoms with E-state index in [1.54, 1.807) is 30.5 Å². The van der Waals surface area contributed by atoms with E-state index in [9.17, 15) is 9.59 Å². The van der Waals surface area contributed by atoms with E-state index < -0.39 is 16.8 Å². The highest BCUT2D eigenvalue weighted by Gasteiger charge is 2.29. The first-order valence-electron chi connectivity index (χ1n) is 12.9. The summed E-state index contributed by atoms with van der Waals surface area (Å²) < 4.78 is 5.22. The SMILES string of the molecule is CCC(C)[C@H](N)C(=O)N[C@H](CN(C(=O)C(Cl)Cl)c1cccc(-c2ccno2)c1)C(C)C.Cc1c(Cl)cccc1Cl. The van der Waals surface area contributed by atoms with Crippen LogP contribution in [0.5, 0.6) is 0 Å². The van der Waals surface area contributed by atoms with Crippen LogP contribution in [0.1, 0.15) is 39.7 Å². The molecule has 1 aromatic heterocycles. The highest BCUT2D eigenvalue weighted by atomic mass is 35.5. The summed E-state index contributed by atoms with van der Waals surface area (Å²) in [6.45, 7) is 9.93. The second-order valence-corrected chi connectivity index (χ2v) is 11.7. The minimum atomic E-state index is -1.25. The number of nitrogens with zero attached hydrogens (tertiary/aromatic N) is 2. The summed E-state index contributed by atoms with van der Waals surface area (Å²) in [5, 5.41) is 8.17. The summed E-state index contributed by atoms with van der Waals surface area (Å²) >= 11 is 23.3. The third kappa shape index (κ3) is 9.67. The van der Waals surface area contributed by atoms with E-state index in [1.165, 1.54) is 4.90 Å². The fraction of sp³-hybridized carbons (Fsp3) is 0.414. The molecule has 3 N–H and O–H groups in total. The van der Waals surface area contributed by atoms with Gasteiger partial charge in [-0.15, -0.1) is 0 Å². The molecule has 0 aliphatic rings. The van der Waals surface area contributed by atoms with E-state index in [2.05, 4.69) is 10.5 Å². The Bertz CT molecular complexity index is 1220. The lowest BCUT2D eigenvalue weighted by Crippen LogP contribution is -2.54. The fourth-order valence-corrected chi connectivity index (χ4v) is 4.26. The van der Waals surface area contributed by atoms with Gasteiger partial charge in [-0.25, -0.2) is 0 Å². The number of benzene rings is 2. The smallest absolute Gasteiger partial charge is 0.260 e. The molecule has 3 atom stereocenters. The Morgan fingerprint density at radius 1 is 1.05 bits per heavy atom. The number of alkyl halides is 2. The topological polar surface area (TPSA) is 101 Å². The molecule has 0 aliphatic carbocycles. The number of amides is 2.